The van der Waals surface area contributed by atoms with E-state index in [4.69, 9.17) is 0 Å². The van der Waals surface area contributed by atoms with Gasteiger partial charge in [0.25, 0.3) is 0 Å². The van der Waals surface area contributed by atoms with Crippen molar-refractivity contribution in [3.8, 4) is 0 Å². The molecule has 0 aromatic rings. The fraction of sp³-hybridized carbons (Fsp3) is 1.00. The predicted molar refractivity (Wildman–Crippen MR) is 66.8 cm³/mol. The van der Waals surface area contributed by atoms with Crippen molar-refractivity contribution in [3.63, 3.8) is 0 Å². The van der Waals surface area contributed by atoms with Gasteiger partial charge in [-0.1, -0.05) is 26.7 Å². The second-order valence-corrected chi connectivity index (χ2v) is 6.62. The number of rotatable bonds is 7. The molecule has 2 unspecified atom stereocenters. The van der Waals surface area contributed by atoms with Gasteiger partial charge in [0, 0.05) is 13.1 Å². The van der Waals surface area contributed by atoms with Gasteiger partial charge < -0.3 is 5.32 Å². The zero-order chi connectivity index (χ0) is 12.0. The molecule has 2 atom stereocenters. The van der Waals surface area contributed by atoms with E-state index in [1.54, 1.807) is 0 Å². The third-order valence-electron chi connectivity index (χ3n) is 3.40. The first kappa shape index (κ1) is 13.9. The molecule has 0 amide bonds. The lowest BCUT2D eigenvalue weighted by Crippen LogP contribution is -2.35. The summed E-state index contributed by atoms with van der Waals surface area (Å²) in [7, 11) is -3.08. The van der Waals surface area contributed by atoms with Crippen LogP contribution in [0.2, 0.25) is 0 Å². The van der Waals surface area contributed by atoms with Gasteiger partial charge in [0.1, 0.15) is 0 Å². The van der Waals surface area contributed by atoms with Crippen molar-refractivity contribution in [2.24, 2.45) is 11.8 Å². The zero-order valence-electron chi connectivity index (χ0n) is 10.3. The van der Waals surface area contributed by atoms with Crippen molar-refractivity contribution < 1.29 is 8.42 Å². The molecule has 0 heterocycles. The van der Waals surface area contributed by atoms with Crippen molar-refractivity contribution in [3.05, 3.63) is 0 Å². The number of sulfonamides is 1. The predicted octanol–water partition coefficient (Wildman–Crippen LogP) is 0.952. The summed E-state index contributed by atoms with van der Waals surface area (Å²) in [5.74, 6) is 1.38. The average Bonchev–Trinajstić information content (AvgIpc) is 2.62. The molecule has 16 heavy (non-hydrogen) atoms. The van der Waals surface area contributed by atoms with E-state index in [1.807, 2.05) is 6.92 Å². The molecule has 0 bridgehead atoms. The Morgan fingerprint density at radius 1 is 1.31 bits per heavy atom. The van der Waals surface area contributed by atoms with Crippen LogP contribution in [-0.2, 0) is 10.0 Å². The van der Waals surface area contributed by atoms with E-state index in [0.29, 0.717) is 24.9 Å². The van der Waals surface area contributed by atoms with Crippen LogP contribution in [0.1, 0.15) is 33.1 Å². The monoisotopic (exact) mass is 248 g/mol. The molecule has 1 rings (SSSR count). The molecule has 2 N–H and O–H groups in total. The minimum atomic E-state index is -3.08. The lowest BCUT2D eigenvalue weighted by atomic mass is 9.99. The van der Waals surface area contributed by atoms with E-state index in [-0.39, 0.29) is 5.75 Å². The highest BCUT2D eigenvalue weighted by atomic mass is 32.2. The Hall–Kier alpha value is -0.130. The Morgan fingerprint density at radius 3 is 2.62 bits per heavy atom. The van der Waals surface area contributed by atoms with Crippen LogP contribution in [0.4, 0.5) is 0 Å². The van der Waals surface area contributed by atoms with Crippen LogP contribution < -0.4 is 10.0 Å². The summed E-state index contributed by atoms with van der Waals surface area (Å²) in [6, 6.07) is 0. The first-order valence-electron chi connectivity index (χ1n) is 6.23. The Bertz CT molecular complexity index is 290. The largest absolute Gasteiger partial charge is 0.316 e. The van der Waals surface area contributed by atoms with Crippen LogP contribution in [0.5, 0.6) is 0 Å². The van der Waals surface area contributed by atoms with Crippen molar-refractivity contribution in [2.45, 2.75) is 33.1 Å². The number of hydrogen-bond donors (Lipinski definition) is 2. The lowest BCUT2D eigenvalue weighted by Gasteiger charge is -2.16. The van der Waals surface area contributed by atoms with Crippen LogP contribution in [0.15, 0.2) is 0 Å². The van der Waals surface area contributed by atoms with E-state index in [0.717, 1.165) is 13.0 Å². The van der Waals surface area contributed by atoms with Crippen LogP contribution in [0.3, 0.4) is 0 Å². The van der Waals surface area contributed by atoms with Crippen molar-refractivity contribution >= 4 is 10.0 Å². The minimum Gasteiger partial charge on any atom is -0.316 e. The van der Waals surface area contributed by atoms with Crippen molar-refractivity contribution in [2.75, 3.05) is 25.4 Å². The van der Waals surface area contributed by atoms with Gasteiger partial charge in [-0.05, 0) is 24.8 Å². The second-order valence-electron chi connectivity index (χ2n) is 4.69. The summed E-state index contributed by atoms with van der Waals surface area (Å²) < 4.78 is 26.0. The van der Waals surface area contributed by atoms with E-state index in [1.165, 1.54) is 12.8 Å². The minimum absolute atomic E-state index is 0.182. The highest BCUT2D eigenvalue weighted by Crippen LogP contribution is 2.30. The molecule has 5 heteroatoms. The maximum atomic E-state index is 11.6. The van der Waals surface area contributed by atoms with Gasteiger partial charge in [0.15, 0.2) is 0 Å². The summed E-state index contributed by atoms with van der Waals surface area (Å²) in [6.07, 6.45) is 3.64. The summed E-state index contributed by atoms with van der Waals surface area (Å²) in [6.45, 7) is 6.15. The third kappa shape index (κ3) is 4.80. The molecule has 0 aromatic heterocycles. The van der Waals surface area contributed by atoms with Gasteiger partial charge >= 0.3 is 0 Å². The zero-order valence-corrected chi connectivity index (χ0v) is 11.1. The van der Waals surface area contributed by atoms with Gasteiger partial charge in [-0.3, -0.25) is 0 Å². The molecule has 1 aliphatic rings. The van der Waals surface area contributed by atoms with Crippen LogP contribution >= 0.6 is 0 Å². The Kier molecular flexibility index (Phi) is 5.72. The molecular weight excluding hydrogens is 224 g/mol. The molecule has 0 aromatic carbocycles. The fourth-order valence-electron chi connectivity index (χ4n) is 2.21. The lowest BCUT2D eigenvalue weighted by molar-refractivity contribution is 0.414. The van der Waals surface area contributed by atoms with Gasteiger partial charge in [0.05, 0.1) is 5.75 Å². The first-order chi connectivity index (χ1) is 7.55. The van der Waals surface area contributed by atoms with Gasteiger partial charge in [-0.15, -0.1) is 0 Å². The fourth-order valence-corrected chi connectivity index (χ4v) is 3.24. The molecule has 1 aliphatic carbocycles. The maximum absolute atomic E-state index is 11.6. The molecule has 1 saturated carbocycles. The average molecular weight is 248 g/mol. The van der Waals surface area contributed by atoms with E-state index in [9.17, 15) is 8.42 Å². The normalized spacial score (nSPS) is 26.1. The standard InChI is InChI=1S/C11H24N2O2S/c1-3-12-7-8-16(14,15)13-9-11-6-4-5-10(11)2/h10-13H,3-9H2,1-2H3. The highest BCUT2D eigenvalue weighted by Gasteiger charge is 2.24. The van der Waals surface area contributed by atoms with Gasteiger partial charge in [0.2, 0.25) is 10.0 Å². The molecule has 96 valence electrons. The maximum Gasteiger partial charge on any atom is 0.212 e. The SMILES string of the molecule is CCNCCS(=O)(=O)NCC1CCCC1C. The summed E-state index contributed by atoms with van der Waals surface area (Å²) in [4.78, 5) is 0. The summed E-state index contributed by atoms with van der Waals surface area (Å²) in [5, 5.41) is 3.02. The Balaban J connectivity index is 2.24. The quantitative estimate of drug-likeness (QED) is 0.660. The topological polar surface area (TPSA) is 58.2 Å². The Morgan fingerprint density at radius 2 is 2.06 bits per heavy atom. The molecule has 4 nitrogen and oxygen atoms in total. The molecule has 0 radical (unpaired) electrons. The summed E-state index contributed by atoms with van der Waals surface area (Å²) in [5.41, 5.74) is 0. The van der Waals surface area contributed by atoms with Crippen LogP contribution in [0, 0.1) is 11.8 Å². The van der Waals surface area contributed by atoms with Crippen LogP contribution in [-0.4, -0.2) is 33.8 Å². The van der Waals surface area contributed by atoms with Gasteiger partial charge in [-0.25, -0.2) is 13.1 Å². The van der Waals surface area contributed by atoms with Crippen molar-refractivity contribution in [1.82, 2.24) is 10.0 Å². The Labute approximate surface area is 99.2 Å². The highest BCUT2D eigenvalue weighted by molar-refractivity contribution is 7.89. The number of nitrogens with one attached hydrogen (secondary N) is 2. The molecular formula is C11H24N2O2S. The third-order valence-corrected chi connectivity index (χ3v) is 4.75. The van der Waals surface area contributed by atoms with Gasteiger partial charge in [-0.2, -0.15) is 0 Å². The van der Waals surface area contributed by atoms with E-state index >= 15 is 0 Å². The van der Waals surface area contributed by atoms with E-state index < -0.39 is 10.0 Å². The van der Waals surface area contributed by atoms with Crippen LogP contribution in [0.25, 0.3) is 0 Å². The molecule has 1 fully saturated rings. The first-order valence-corrected chi connectivity index (χ1v) is 7.88. The molecule has 0 saturated heterocycles. The smallest absolute Gasteiger partial charge is 0.212 e. The molecule has 0 spiro atoms. The molecule has 0 aliphatic heterocycles. The van der Waals surface area contributed by atoms with E-state index in [2.05, 4.69) is 17.0 Å². The second kappa shape index (κ2) is 6.57. The van der Waals surface area contributed by atoms with Crippen molar-refractivity contribution in [1.29, 1.82) is 0 Å². The number of hydrogen-bond acceptors (Lipinski definition) is 3. The summed E-state index contributed by atoms with van der Waals surface area (Å²) >= 11 is 0.